The molecule has 0 spiro atoms. The summed E-state index contributed by atoms with van der Waals surface area (Å²) in [5.74, 6) is 1.98. The maximum absolute atomic E-state index is 3.33. The van der Waals surface area contributed by atoms with Crippen molar-refractivity contribution >= 4 is 0 Å². The fraction of sp³-hybridized carbons (Fsp3) is 1.00. The SMILES string of the molecule is CNC(C)CC1CCCC(C)C1. The van der Waals surface area contributed by atoms with Gasteiger partial charge in [-0.25, -0.2) is 0 Å². The Morgan fingerprint density at radius 1 is 1.42 bits per heavy atom. The Hall–Kier alpha value is -0.0400. The summed E-state index contributed by atoms with van der Waals surface area (Å²) >= 11 is 0. The minimum absolute atomic E-state index is 0.709. The highest BCUT2D eigenvalue weighted by atomic mass is 14.8. The van der Waals surface area contributed by atoms with Gasteiger partial charge in [-0.05, 0) is 38.6 Å². The Bertz CT molecular complexity index is 122. The van der Waals surface area contributed by atoms with E-state index < -0.39 is 0 Å². The van der Waals surface area contributed by atoms with E-state index in [1.54, 1.807) is 0 Å². The zero-order valence-electron chi connectivity index (χ0n) is 8.77. The van der Waals surface area contributed by atoms with Crippen LogP contribution in [0.2, 0.25) is 0 Å². The van der Waals surface area contributed by atoms with Gasteiger partial charge in [0.2, 0.25) is 0 Å². The van der Waals surface area contributed by atoms with E-state index in [1.165, 1.54) is 32.1 Å². The molecule has 72 valence electrons. The van der Waals surface area contributed by atoms with Crippen LogP contribution in [0.3, 0.4) is 0 Å². The number of hydrogen-bond acceptors (Lipinski definition) is 1. The van der Waals surface area contributed by atoms with Gasteiger partial charge in [0.1, 0.15) is 0 Å². The molecule has 0 bridgehead atoms. The third kappa shape index (κ3) is 3.14. The van der Waals surface area contributed by atoms with Crippen LogP contribution in [-0.2, 0) is 0 Å². The molecule has 12 heavy (non-hydrogen) atoms. The first-order valence-electron chi connectivity index (χ1n) is 5.39. The summed E-state index contributed by atoms with van der Waals surface area (Å²) in [4.78, 5) is 0. The normalized spacial score (nSPS) is 33.2. The maximum atomic E-state index is 3.33. The van der Waals surface area contributed by atoms with E-state index in [1.807, 2.05) is 0 Å². The molecular weight excluding hydrogens is 146 g/mol. The Balaban J connectivity index is 2.22. The average molecular weight is 169 g/mol. The number of nitrogens with one attached hydrogen (secondary N) is 1. The van der Waals surface area contributed by atoms with E-state index >= 15 is 0 Å². The molecule has 0 heterocycles. The molecule has 1 saturated carbocycles. The van der Waals surface area contributed by atoms with Crippen LogP contribution < -0.4 is 5.32 Å². The van der Waals surface area contributed by atoms with Gasteiger partial charge in [-0.15, -0.1) is 0 Å². The molecule has 1 aliphatic rings. The van der Waals surface area contributed by atoms with Crippen molar-refractivity contribution in [1.29, 1.82) is 0 Å². The van der Waals surface area contributed by atoms with Crippen molar-refractivity contribution in [3.8, 4) is 0 Å². The van der Waals surface area contributed by atoms with E-state index in [2.05, 4.69) is 26.2 Å². The van der Waals surface area contributed by atoms with Crippen molar-refractivity contribution in [2.75, 3.05) is 7.05 Å². The van der Waals surface area contributed by atoms with Crippen LogP contribution >= 0.6 is 0 Å². The van der Waals surface area contributed by atoms with Crippen LogP contribution in [0.25, 0.3) is 0 Å². The van der Waals surface area contributed by atoms with Crippen molar-refractivity contribution in [1.82, 2.24) is 5.32 Å². The third-order valence-electron chi connectivity index (χ3n) is 3.22. The zero-order valence-corrected chi connectivity index (χ0v) is 8.77. The first kappa shape index (κ1) is 10.0. The van der Waals surface area contributed by atoms with Gasteiger partial charge in [-0.2, -0.15) is 0 Å². The highest BCUT2D eigenvalue weighted by Gasteiger charge is 2.19. The van der Waals surface area contributed by atoms with Gasteiger partial charge in [-0.1, -0.05) is 26.2 Å². The van der Waals surface area contributed by atoms with E-state index in [-0.39, 0.29) is 0 Å². The number of hydrogen-bond donors (Lipinski definition) is 1. The van der Waals surface area contributed by atoms with Gasteiger partial charge >= 0.3 is 0 Å². The predicted molar refractivity (Wildman–Crippen MR) is 54.3 cm³/mol. The van der Waals surface area contributed by atoms with Crippen molar-refractivity contribution in [3.63, 3.8) is 0 Å². The fourth-order valence-corrected chi connectivity index (χ4v) is 2.39. The third-order valence-corrected chi connectivity index (χ3v) is 3.22. The molecule has 1 aliphatic carbocycles. The minimum atomic E-state index is 0.709. The Morgan fingerprint density at radius 2 is 2.17 bits per heavy atom. The van der Waals surface area contributed by atoms with Gasteiger partial charge in [0, 0.05) is 6.04 Å². The van der Waals surface area contributed by atoms with Gasteiger partial charge in [0.15, 0.2) is 0 Å². The molecule has 0 aromatic rings. The summed E-state index contributed by atoms with van der Waals surface area (Å²) in [5, 5.41) is 3.33. The molecule has 1 rings (SSSR count). The van der Waals surface area contributed by atoms with Crippen LogP contribution in [0.1, 0.15) is 46.0 Å². The monoisotopic (exact) mass is 169 g/mol. The summed E-state index contributed by atoms with van der Waals surface area (Å²) in [6.07, 6.45) is 7.23. The lowest BCUT2D eigenvalue weighted by atomic mass is 9.79. The topological polar surface area (TPSA) is 12.0 Å². The lowest BCUT2D eigenvalue weighted by Gasteiger charge is -2.28. The molecule has 1 heteroatoms. The largest absolute Gasteiger partial charge is 0.317 e. The standard InChI is InChI=1S/C11H23N/c1-9-5-4-6-11(7-9)8-10(2)12-3/h9-12H,4-8H2,1-3H3. The second kappa shape index (κ2) is 4.86. The maximum Gasteiger partial charge on any atom is 0.00383 e. The van der Waals surface area contributed by atoms with Crippen molar-refractivity contribution < 1.29 is 0 Å². The molecule has 0 saturated heterocycles. The Morgan fingerprint density at radius 3 is 2.75 bits per heavy atom. The van der Waals surface area contributed by atoms with Crippen molar-refractivity contribution in [2.45, 2.75) is 52.0 Å². The average Bonchev–Trinajstić information content (AvgIpc) is 2.04. The molecule has 0 aliphatic heterocycles. The Labute approximate surface area is 76.9 Å². The molecule has 0 radical (unpaired) electrons. The molecule has 1 fully saturated rings. The molecular formula is C11H23N. The first-order valence-corrected chi connectivity index (χ1v) is 5.39. The van der Waals surface area contributed by atoms with E-state index in [4.69, 9.17) is 0 Å². The lowest BCUT2D eigenvalue weighted by Crippen LogP contribution is -2.26. The molecule has 3 unspecified atom stereocenters. The van der Waals surface area contributed by atoms with Crippen LogP contribution in [0.5, 0.6) is 0 Å². The summed E-state index contributed by atoms with van der Waals surface area (Å²) in [7, 11) is 2.07. The molecule has 0 amide bonds. The Kier molecular flexibility index (Phi) is 4.07. The molecule has 3 atom stereocenters. The van der Waals surface area contributed by atoms with Crippen molar-refractivity contribution in [3.05, 3.63) is 0 Å². The smallest absolute Gasteiger partial charge is 0.00383 e. The highest BCUT2D eigenvalue weighted by molar-refractivity contribution is 4.73. The van der Waals surface area contributed by atoms with Crippen LogP contribution in [-0.4, -0.2) is 13.1 Å². The van der Waals surface area contributed by atoms with Gasteiger partial charge in [0.25, 0.3) is 0 Å². The van der Waals surface area contributed by atoms with E-state index in [0.29, 0.717) is 6.04 Å². The molecule has 1 nitrogen and oxygen atoms in total. The highest BCUT2D eigenvalue weighted by Crippen LogP contribution is 2.31. The summed E-state index contributed by atoms with van der Waals surface area (Å²) < 4.78 is 0. The first-order chi connectivity index (χ1) is 5.72. The van der Waals surface area contributed by atoms with Gasteiger partial charge in [-0.3, -0.25) is 0 Å². The second-order valence-corrected chi connectivity index (χ2v) is 4.56. The molecule has 1 N–H and O–H groups in total. The lowest BCUT2D eigenvalue weighted by molar-refractivity contribution is 0.253. The van der Waals surface area contributed by atoms with Gasteiger partial charge in [0.05, 0.1) is 0 Å². The summed E-state index contributed by atoms with van der Waals surface area (Å²) in [6, 6.07) is 0.709. The minimum Gasteiger partial charge on any atom is -0.317 e. The van der Waals surface area contributed by atoms with Crippen LogP contribution in [0.4, 0.5) is 0 Å². The fourth-order valence-electron chi connectivity index (χ4n) is 2.39. The van der Waals surface area contributed by atoms with Crippen LogP contribution in [0.15, 0.2) is 0 Å². The van der Waals surface area contributed by atoms with E-state index in [0.717, 1.165) is 11.8 Å². The van der Waals surface area contributed by atoms with Gasteiger partial charge < -0.3 is 5.32 Å². The number of rotatable bonds is 3. The van der Waals surface area contributed by atoms with E-state index in [9.17, 15) is 0 Å². The summed E-state index contributed by atoms with van der Waals surface area (Å²) in [5.41, 5.74) is 0. The molecule has 0 aromatic heterocycles. The van der Waals surface area contributed by atoms with Crippen LogP contribution in [0, 0.1) is 11.8 Å². The quantitative estimate of drug-likeness (QED) is 0.685. The van der Waals surface area contributed by atoms with Crippen molar-refractivity contribution in [2.24, 2.45) is 11.8 Å². The zero-order chi connectivity index (χ0) is 8.97. The summed E-state index contributed by atoms with van der Waals surface area (Å²) in [6.45, 7) is 4.69. The second-order valence-electron chi connectivity index (χ2n) is 4.56. The molecule has 0 aromatic carbocycles. The predicted octanol–water partition coefficient (Wildman–Crippen LogP) is 2.81.